The molecule has 0 N–H and O–H groups in total. The Balaban J connectivity index is 1.72. The fraction of sp³-hybridized carbons (Fsp3) is 0.360. The number of fused-ring (bicyclic) bond motifs is 3. The minimum Gasteiger partial charge on any atom is -0.430 e. The van der Waals surface area contributed by atoms with Gasteiger partial charge < -0.3 is 14.1 Å². The first-order valence-electron chi connectivity index (χ1n) is 10.6. The maximum atomic E-state index is 12.7. The number of allylic oxidation sites excluding steroid dienone is 3. The Labute approximate surface area is 185 Å². The number of ether oxygens (including phenoxy) is 1. The van der Waals surface area contributed by atoms with Crippen molar-refractivity contribution in [2.45, 2.75) is 39.5 Å². The van der Waals surface area contributed by atoms with Crippen LogP contribution in [-0.2, 0) is 24.5 Å². The van der Waals surface area contributed by atoms with Crippen LogP contribution in [0, 0.1) is 5.92 Å². The zero-order valence-corrected chi connectivity index (χ0v) is 18.6. The van der Waals surface area contributed by atoms with E-state index in [2.05, 4.69) is 25.7 Å². The van der Waals surface area contributed by atoms with Crippen LogP contribution in [0.4, 0.5) is 5.69 Å². The predicted octanol–water partition coefficient (Wildman–Crippen LogP) is 3.53. The lowest BCUT2D eigenvalue weighted by molar-refractivity contribution is -0.151. The zero-order chi connectivity index (χ0) is 23.2. The van der Waals surface area contributed by atoms with Gasteiger partial charge in [0.05, 0.1) is 5.56 Å². The first-order valence-corrected chi connectivity index (χ1v) is 10.6. The van der Waals surface area contributed by atoms with Crippen molar-refractivity contribution in [3.05, 3.63) is 57.7 Å². The van der Waals surface area contributed by atoms with Crippen molar-refractivity contribution in [2.24, 2.45) is 5.92 Å². The molecule has 2 aliphatic heterocycles. The van der Waals surface area contributed by atoms with Gasteiger partial charge in [-0.2, -0.15) is 0 Å². The van der Waals surface area contributed by atoms with Gasteiger partial charge in [0.2, 0.25) is 0 Å². The lowest BCUT2D eigenvalue weighted by Crippen LogP contribution is -2.37. The van der Waals surface area contributed by atoms with Crippen LogP contribution < -0.4 is 10.5 Å². The van der Waals surface area contributed by atoms with Gasteiger partial charge in [0.25, 0.3) is 0 Å². The summed E-state index contributed by atoms with van der Waals surface area (Å²) in [6, 6.07) is 5.60. The average molecular weight is 435 g/mol. The lowest BCUT2D eigenvalue weighted by atomic mass is 9.76. The number of carbonyl (C=O) groups is 3. The summed E-state index contributed by atoms with van der Waals surface area (Å²) in [5, 5.41) is 0.744. The number of benzene rings is 1. The second-order valence-corrected chi connectivity index (χ2v) is 8.83. The molecule has 0 fully saturated rings. The molecule has 32 heavy (non-hydrogen) atoms. The van der Waals surface area contributed by atoms with Gasteiger partial charge in [-0.15, -0.1) is 0 Å². The summed E-state index contributed by atoms with van der Waals surface area (Å²) in [6.45, 7) is 9.64. The third-order valence-electron chi connectivity index (χ3n) is 6.15. The molecule has 2 aliphatic rings. The Hall–Kier alpha value is -3.48. The molecule has 0 saturated carbocycles. The van der Waals surface area contributed by atoms with E-state index >= 15 is 0 Å². The standard InChI is InChI=1S/C25H25NO6/c1-5-26-11-10-25(3,4)21-17(26)8-6-15-13-16(23(29)32-22(15)21)7-9-18(27)20-19(28)12-14(2)31-24(20)30/h6-9,12-13,20H,5,10-11H2,1-4H3/b9-7+. The summed E-state index contributed by atoms with van der Waals surface area (Å²) >= 11 is 0. The van der Waals surface area contributed by atoms with Gasteiger partial charge in [-0.1, -0.05) is 13.8 Å². The van der Waals surface area contributed by atoms with E-state index in [1.807, 2.05) is 12.1 Å². The average Bonchev–Trinajstić information content (AvgIpc) is 2.71. The molecule has 166 valence electrons. The van der Waals surface area contributed by atoms with Crippen molar-refractivity contribution in [3.8, 4) is 0 Å². The number of hydrogen-bond acceptors (Lipinski definition) is 7. The summed E-state index contributed by atoms with van der Waals surface area (Å²) in [5.41, 5.74) is 2.03. The number of rotatable bonds is 4. The van der Waals surface area contributed by atoms with E-state index in [1.165, 1.54) is 13.0 Å². The second-order valence-electron chi connectivity index (χ2n) is 8.83. The Bertz CT molecular complexity index is 1260. The molecule has 0 radical (unpaired) electrons. The van der Waals surface area contributed by atoms with Crippen LogP contribution in [0.3, 0.4) is 0 Å². The zero-order valence-electron chi connectivity index (χ0n) is 18.6. The van der Waals surface area contributed by atoms with E-state index in [0.29, 0.717) is 5.58 Å². The maximum Gasteiger partial charge on any atom is 0.343 e. The molecule has 4 rings (SSSR count). The summed E-state index contributed by atoms with van der Waals surface area (Å²) in [4.78, 5) is 51.4. The molecule has 1 aromatic carbocycles. The third-order valence-corrected chi connectivity index (χ3v) is 6.15. The van der Waals surface area contributed by atoms with Gasteiger partial charge in [0.15, 0.2) is 17.5 Å². The molecule has 7 heteroatoms. The third kappa shape index (κ3) is 3.68. The number of hydrogen-bond donors (Lipinski definition) is 0. The maximum absolute atomic E-state index is 12.7. The summed E-state index contributed by atoms with van der Waals surface area (Å²) in [5.74, 6) is -3.68. The van der Waals surface area contributed by atoms with Crippen molar-refractivity contribution in [2.75, 3.05) is 18.0 Å². The molecule has 2 aromatic rings. The number of carbonyl (C=O) groups excluding carboxylic acids is 3. The van der Waals surface area contributed by atoms with Crippen molar-refractivity contribution in [1.82, 2.24) is 0 Å². The quantitative estimate of drug-likeness (QED) is 0.314. The number of cyclic esters (lactones) is 1. The fourth-order valence-corrected chi connectivity index (χ4v) is 4.38. The highest BCUT2D eigenvalue weighted by molar-refractivity contribution is 6.25. The van der Waals surface area contributed by atoms with Crippen LogP contribution in [0.1, 0.15) is 45.2 Å². The highest BCUT2D eigenvalue weighted by Crippen LogP contribution is 2.43. The van der Waals surface area contributed by atoms with Gasteiger partial charge in [-0.3, -0.25) is 14.4 Å². The van der Waals surface area contributed by atoms with Gasteiger partial charge >= 0.3 is 11.6 Å². The van der Waals surface area contributed by atoms with Crippen LogP contribution in [0.25, 0.3) is 17.0 Å². The van der Waals surface area contributed by atoms with Crippen molar-refractivity contribution < 1.29 is 23.5 Å². The highest BCUT2D eigenvalue weighted by Gasteiger charge is 2.36. The van der Waals surface area contributed by atoms with Crippen LogP contribution in [0.2, 0.25) is 0 Å². The predicted molar refractivity (Wildman–Crippen MR) is 120 cm³/mol. The minimum atomic E-state index is -1.55. The molecule has 0 bridgehead atoms. The van der Waals surface area contributed by atoms with E-state index < -0.39 is 29.1 Å². The molecule has 0 amide bonds. The van der Waals surface area contributed by atoms with E-state index in [1.54, 1.807) is 6.07 Å². The molecule has 1 unspecified atom stereocenters. The second kappa shape index (κ2) is 7.89. The van der Waals surface area contributed by atoms with Crippen molar-refractivity contribution >= 4 is 40.3 Å². The SMILES string of the molecule is CCN1CCC(C)(C)c2c1ccc1cc(/C=C/C(=O)C3C(=O)C=C(C)OC3=O)c(=O)oc21. The molecule has 0 aliphatic carbocycles. The first-order chi connectivity index (χ1) is 15.1. The Morgan fingerprint density at radius 3 is 2.69 bits per heavy atom. The molecule has 0 spiro atoms. The number of ketones is 2. The highest BCUT2D eigenvalue weighted by atomic mass is 16.5. The minimum absolute atomic E-state index is 0.149. The monoisotopic (exact) mass is 435 g/mol. The van der Waals surface area contributed by atoms with E-state index in [9.17, 15) is 19.2 Å². The smallest absolute Gasteiger partial charge is 0.343 e. The number of anilines is 1. The lowest BCUT2D eigenvalue weighted by Gasteiger charge is -2.39. The number of nitrogens with zero attached hydrogens (tertiary/aromatic N) is 1. The van der Waals surface area contributed by atoms with E-state index in [4.69, 9.17) is 9.15 Å². The summed E-state index contributed by atoms with van der Waals surface area (Å²) < 4.78 is 10.6. The van der Waals surface area contributed by atoms with Gasteiger partial charge in [0, 0.05) is 35.8 Å². The van der Waals surface area contributed by atoms with Crippen LogP contribution in [0.5, 0.6) is 0 Å². The fourth-order valence-electron chi connectivity index (χ4n) is 4.38. The molecule has 7 nitrogen and oxygen atoms in total. The van der Waals surface area contributed by atoms with E-state index in [-0.39, 0.29) is 16.7 Å². The number of esters is 1. The molecule has 0 saturated heterocycles. The van der Waals surface area contributed by atoms with Crippen LogP contribution in [0.15, 0.2) is 45.3 Å². The molecule has 1 aromatic heterocycles. The molecular formula is C25H25NO6. The van der Waals surface area contributed by atoms with Crippen LogP contribution in [-0.4, -0.2) is 30.6 Å². The Kier molecular flexibility index (Phi) is 5.36. The van der Waals surface area contributed by atoms with Gasteiger partial charge in [-0.05, 0) is 56.0 Å². The van der Waals surface area contributed by atoms with Crippen molar-refractivity contribution in [1.29, 1.82) is 0 Å². The summed E-state index contributed by atoms with van der Waals surface area (Å²) in [6.07, 6.45) is 4.39. The van der Waals surface area contributed by atoms with Crippen molar-refractivity contribution in [3.63, 3.8) is 0 Å². The largest absolute Gasteiger partial charge is 0.430 e. The topological polar surface area (TPSA) is 93.9 Å². The van der Waals surface area contributed by atoms with Gasteiger partial charge in [0.1, 0.15) is 11.3 Å². The van der Waals surface area contributed by atoms with Crippen LogP contribution >= 0.6 is 0 Å². The Morgan fingerprint density at radius 2 is 2.00 bits per heavy atom. The molecular weight excluding hydrogens is 410 g/mol. The van der Waals surface area contributed by atoms with Gasteiger partial charge in [-0.25, -0.2) is 4.79 Å². The Morgan fingerprint density at radius 1 is 1.25 bits per heavy atom. The van der Waals surface area contributed by atoms with E-state index in [0.717, 1.165) is 48.3 Å². The first kappa shape index (κ1) is 21.7. The normalized spacial score (nSPS) is 20.3. The molecule has 1 atom stereocenters. The summed E-state index contributed by atoms with van der Waals surface area (Å²) in [7, 11) is 0. The molecule has 3 heterocycles.